The normalized spacial score (nSPS) is 10.5. The highest BCUT2D eigenvalue weighted by Crippen LogP contribution is 2.26. The van der Waals surface area contributed by atoms with Crippen LogP contribution in [0.3, 0.4) is 0 Å². The van der Waals surface area contributed by atoms with Gasteiger partial charge in [-0.15, -0.1) is 11.8 Å². The van der Waals surface area contributed by atoms with E-state index >= 15 is 0 Å². The number of aromatic nitrogens is 1. The molecule has 2 heterocycles. The summed E-state index contributed by atoms with van der Waals surface area (Å²) in [6, 6.07) is 6.07. The van der Waals surface area contributed by atoms with Crippen LogP contribution in [0.1, 0.15) is 18.4 Å². The van der Waals surface area contributed by atoms with E-state index in [-0.39, 0.29) is 0 Å². The first-order chi connectivity index (χ1) is 8.29. The first kappa shape index (κ1) is 12.0. The van der Waals surface area contributed by atoms with Crippen molar-refractivity contribution in [1.82, 2.24) is 4.98 Å². The third-order valence-corrected chi connectivity index (χ3v) is 3.56. The number of anilines is 1. The second kappa shape index (κ2) is 5.77. The molecular formula is C13H16N2OS. The van der Waals surface area contributed by atoms with Gasteiger partial charge in [0.25, 0.3) is 0 Å². The molecule has 0 aliphatic rings. The third kappa shape index (κ3) is 3.27. The van der Waals surface area contributed by atoms with Gasteiger partial charge in [-0.25, -0.2) is 0 Å². The number of nitrogens with zero attached hydrogens (tertiary/aromatic N) is 1. The summed E-state index contributed by atoms with van der Waals surface area (Å²) in [4.78, 5) is 5.54. The fourth-order valence-corrected chi connectivity index (χ4v) is 2.41. The highest BCUT2D eigenvalue weighted by atomic mass is 32.2. The molecule has 2 rings (SSSR count). The van der Waals surface area contributed by atoms with Gasteiger partial charge in [-0.05, 0) is 32.0 Å². The van der Waals surface area contributed by atoms with E-state index in [0.717, 1.165) is 29.4 Å². The molecule has 0 saturated carbocycles. The number of furan rings is 1. The van der Waals surface area contributed by atoms with Gasteiger partial charge in [0.15, 0.2) is 0 Å². The summed E-state index contributed by atoms with van der Waals surface area (Å²) in [5, 5.41) is 3.28. The van der Waals surface area contributed by atoms with Crippen LogP contribution in [-0.2, 0) is 5.75 Å². The van der Waals surface area contributed by atoms with E-state index in [2.05, 4.69) is 23.3 Å². The zero-order valence-electron chi connectivity index (χ0n) is 10.1. The van der Waals surface area contributed by atoms with Crippen LogP contribution in [0.5, 0.6) is 0 Å². The van der Waals surface area contributed by atoms with Crippen LogP contribution >= 0.6 is 11.8 Å². The molecule has 2 aromatic rings. The lowest BCUT2D eigenvalue weighted by Gasteiger charge is -2.05. The largest absolute Gasteiger partial charge is 0.468 e. The van der Waals surface area contributed by atoms with Crippen molar-refractivity contribution in [2.24, 2.45) is 0 Å². The molecule has 1 N–H and O–H groups in total. The number of rotatable bonds is 5. The standard InChI is InChI=1S/C13H16N2OS/c1-3-14-11-4-6-15-12(8-11)9-17-13-5-7-16-10(13)2/h4-8H,3,9H2,1-2H3,(H,14,15). The summed E-state index contributed by atoms with van der Waals surface area (Å²) in [7, 11) is 0. The quantitative estimate of drug-likeness (QED) is 0.819. The van der Waals surface area contributed by atoms with Gasteiger partial charge in [0.2, 0.25) is 0 Å². The Morgan fingerprint density at radius 2 is 2.29 bits per heavy atom. The second-order valence-electron chi connectivity index (χ2n) is 3.70. The number of hydrogen-bond donors (Lipinski definition) is 1. The molecule has 0 aliphatic carbocycles. The van der Waals surface area contributed by atoms with Crippen molar-refractivity contribution in [3.05, 3.63) is 42.1 Å². The van der Waals surface area contributed by atoms with Crippen molar-refractivity contribution >= 4 is 17.4 Å². The lowest BCUT2D eigenvalue weighted by Crippen LogP contribution is -1.97. The van der Waals surface area contributed by atoms with Gasteiger partial charge in [-0.2, -0.15) is 0 Å². The van der Waals surface area contributed by atoms with Gasteiger partial charge in [-0.3, -0.25) is 4.98 Å². The molecule has 90 valence electrons. The van der Waals surface area contributed by atoms with Crippen LogP contribution in [0.4, 0.5) is 5.69 Å². The van der Waals surface area contributed by atoms with Gasteiger partial charge in [0, 0.05) is 29.1 Å². The predicted molar refractivity (Wildman–Crippen MR) is 71.4 cm³/mol. The fraction of sp³-hybridized carbons (Fsp3) is 0.308. The number of thioether (sulfide) groups is 1. The van der Waals surface area contributed by atoms with Crippen LogP contribution in [0, 0.1) is 6.92 Å². The minimum Gasteiger partial charge on any atom is -0.468 e. The summed E-state index contributed by atoms with van der Waals surface area (Å²) in [5.74, 6) is 1.83. The van der Waals surface area contributed by atoms with Crippen molar-refractivity contribution in [3.63, 3.8) is 0 Å². The Morgan fingerprint density at radius 3 is 3.00 bits per heavy atom. The molecule has 0 amide bonds. The molecule has 2 aromatic heterocycles. The van der Waals surface area contributed by atoms with Crippen LogP contribution < -0.4 is 5.32 Å². The number of pyridine rings is 1. The average molecular weight is 248 g/mol. The lowest BCUT2D eigenvalue weighted by atomic mass is 10.3. The van der Waals surface area contributed by atoms with Crippen molar-refractivity contribution < 1.29 is 4.42 Å². The average Bonchev–Trinajstić information content (AvgIpc) is 2.73. The number of nitrogens with one attached hydrogen (secondary N) is 1. The zero-order chi connectivity index (χ0) is 12.1. The van der Waals surface area contributed by atoms with Gasteiger partial charge >= 0.3 is 0 Å². The van der Waals surface area contributed by atoms with E-state index in [4.69, 9.17) is 4.42 Å². The Balaban J connectivity index is 1.99. The van der Waals surface area contributed by atoms with Crippen molar-refractivity contribution in [2.75, 3.05) is 11.9 Å². The highest BCUT2D eigenvalue weighted by Gasteiger charge is 2.03. The molecule has 0 aromatic carbocycles. The summed E-state index contributed by atoms with van der Waals surface area (Å²) in [6.45, 7) is 4.99. The first-order valence-corrected chi connectivity index (χ1v) is 6.64. The van der Waals surface area contributed by atoms with Gasteiger partial charge in [-0.1, -0.05) is 0 Å². The molecule has 4 heteroatoms. The Bertz CT molecular complexity index is 482. The van der Waals surface area contributed by atoms with E-state index < -0.39 is 0 Å². The van der Waals surface area contributed by atoms with Crippen LogP contribution in [0.15, 0.2) is 40.0 Å². The first-order valence-electron chi connectivity index (χ1n) is 5.65. The molecular weight excluding hydrogens is 232 g/mol. The van der Waals surface area contributed by atoms with Gasteiger partial charge in [0.1, 0.15) is 5.76 Å². The lowest BCUT2D eigenvalue weighted by molar-refractivity contribution is 0.527. The Hall–Kier alpha value is -1.42. The fourth-order valence-electron chi connectivity index (χ4n) is 1.55. The smallest absolute Gasteiger partial charge is 0.114 e. The molecule has 0 bridgehead atoms. The topological polar surface area (TPSA) is 38.1 Å². The second-order valence-corrected chi connectivity index (χ2v) is 4.71. The number of aryl methyl sites for hydroxylation is 1. The minimum atomic E-state index is 0.861. The van der Waals surface area contributed by atoms with Crippen molar-refractivity contribution in [2.45, 2.75) is 24.5 Å². The maximum atomic E-state index is 5.26. The maximum Gasteiger partial charge on any atom is 0.114 e. The number of hydrogen-bond acceptors (Lipinski definition) is 4. The van der Waals surface area contributed by atoms with E-state index in [1.165, 1.54) is 4.90 Å². The molecule has 0 spiro atoms. The molecule has 0 saturated heterocycles. The highest BCUT2D eigenvalue weighted by molar-refractivity contribution is 7.98. The molecule has 0 radical (unpaired) electrons. The van der Waals surface area contributed by atoms with Crippen LogP contribution in [0.25, 0.3) is 0 Å². The minimum absolute atomic E-state index is 0.861. The van der Waals surface area contributed by atoms with Crippen LogP contribution in [-0.4, -0.2) is 11.5 Å². The van der Waals surface area contributed by atoms with Gasteiger partial charge in [0.05, 0.1) is 12.0 Å². The molecule has 0 atom stereocenters. The molecule has 3 nitrogen and oxygen atoms in total. The molecule has 17 heavy (non-hydrogen) atoms. The zero-order valence-corrected chi connectivity index (χ0v) is 10.9. The van der Waals surface area contributed by atoms with Gasteiger partial charge < -0.3 is 9.73 Å². The Kier molecular flexibility index (Phi) is 4.09. The maximum absolute atomic E-state index is 5.26. The SMILES string of the molecule is CCNc1ccnc(CSc2ccoc2C)c1. The monoisotopic (exact) mass is 248 g/mol. The molecule has 0 unspecified atom stereocenters. The van der Waals surface area contributed by atoms with E-state index in [0.29, 0.717) is 0 Å². The van der Waals surface area contributed by atoms with E-state index in [1.807, 2.05) is 25.3 Å². The third-order valence-electron chi connectivity index (χ3n) is 2.38. The van der Waals surface area contributed by atoms with E-state index in [9.17, 15) is 0 Å². The van der Waals surface area contributed by atoms with Crippen LogP contribution in [0.2, 0.25) is 0 Å². The van der Waals surface area contributed by atoms with E-state index in [1.54, 1.807) is 18.0 Å². The molecule has 0 fully saturated rings. The summed E-state index contributed by atoms with van der Waals surface area (Å²) < 4.78 is 5.26. The van der Waals surface area contributed by atoms with Crippen molar-refractivity contribution in [1.29, 1.82) is 0 Å². The summed E-state index contributed by atoms with van der Waals surface area (Å²) in [5.41, 5.74) is 2.20. The molecule has 0 aliphatic heterocycles. The van der Waals surface area contributed by atoms with Crippen molar-refractivity contribution in [3.8, 4) is 0 Å². The Morgan fingerprint density at radius 1 is 1.41 bits per heavy atom. The summed E-state index contributed by atoms with van der Waals surface area (Å²) >= 11 is 1.75. The summed E-state index contributed by atoms with van der Waals surface area (Å²) in [6.07, 6.45) is 3.57. The predicted octanol–water partition coefficient (Wildman–Crippen LogP) is 3.71. The Labute approximate surface area is 106 Å².